The molecule has 1 unspecified atom stereocenters. The molecule has 0 bridgehead atoms. The van der Waals surface area contributed by atoms with Gasteiger partial charge >= 0.3 is 0 Å². The van der Waals surface area contributed by atoms with Crippen LogP contribution in [0.5, 0.6) is 0 Å². The van der Waals surface area contributed by atoms with Crippen LogP contribution in [0.3, 0.4) is 0 Å². The van der Waals surface area contributed by atoms with Crippen LogP contribution in [0.4, 0.5) is 0 Å². The molecule has 88 valence electrons. The van der Waals surface area contributed by atoms with Crippen LogP contribution in [-0.4, -0.2) is 16.5 Å². The molecular weight excluding hydrogens is 198 g/mol. The molecule has 2 N–H and O–H groups in total. The molecule has 2 rings (SSSR count). The van der Waals surface area contributed by atoms with Crippen molar-refractivity contribution in [3.05, 3.63) is 23.3 Å². The van der Waals surface area contributed by atoms with Gasteiger partial charge in [-0.2, -0.15) is 0 Å². The maximum Gasteiger partial charge on any atom is 0.133 e. The van der Waals surface area contributed by atoms with E-state index in [2.05, 4.69) is 25.8 Å². The number of fused-ring (bicyclic) bond motifs is 1. The molecule has 0 spiro atoms. The molecule has 0 amide bonds. The maximum atomic E-state index is 5.72. The van der Waals surface area contributed by atoms with Crippen molar-refractivity contribution in [2.45, 2.75) is 45.4 Å². The summed E-state index contributed by atoms with van der Waals surface area (Å²) in [6.45, 7) is 7.24. The molecule has 1 aliphatic rings. The summed E-state index contributed by atoms with van der Waals surface area (Å²) in [6, 6.07) is 0. The fourth-order valence-electron chi connectivity index (χ4n) is 2.15. The molecule has 0 radical (unpaired) electrons. The van der Waals surface area contributed by atoms with Crippen LogP contribution in [0.2, 0.25) is 0 Å². The second kappa shape index (κ2) is 4.13. The number of aryl methyl sites for hydroxylation is 1. The zero-order valence-electron chi connectivity index (χ0n) is 10.5. The summed E-state index contributed by atoms with van der Waals surface area (Å²) >= 11 is 0. The summed E-state index contributed by atoms with van der Waals surface area (Å²) in [4.78, 5) is 9.18. The van der Waals surface area contributed by atoms with Crippen molar-refractivity contribution in [1.29, 1.82) is 0 Å². The number of hydrogen-bond donors (Lipinski definition) is 1. The highest BCUT2D eigenvalue weighted by molar-refractivity contribution is 5.23. The normalized spacial score (nSPS) is 20.6. The molecular formula is C13H21N3. The van der Waals surface area contributed by atoms with Gasteiger partial charge in [-0.05, 0) is 37.3 Å². The van der Waals surface area contributed by atoms with E-state index in [0.717, 1.165) is 25.2 Å². The third-order valence-electron chi connectivity index (χ3n) is 3.26. The zero-order chi connectivity index (χ0) is 11.8. The van der Waals surface area contributed by atoms with Crippen molar-refractivity contribution in [2.75, 3.05) is 6.54 Å². The Morgan fingerprint density at radius 1 is 1.44 bits per heavy atom. The minimum absolute atomic E-state index is 0.0414. The Hall–Kier alpha value is -0.960. The highest BCUT2D eigenvalue weighted by Gasteiger charge is 2.23. The van der Waals surface area contributed by atoms with Crippen LogP contribution in [0.15, 0.2) is 6.20 Å². The molecule has 1 aromatic rings. The van der Waals surface area contributed by atoms with Crippen molar-refractivity contribution in [3.63, 3.8) is 0 Å². The lowest BCUT2D eigenvalue weighted by Gasteiger charge is -2.24. The summed E-state index contributed by atoms with van der Waals surface area (Å²) in [5.41, 5.74) is 8.30. The van der Waals surface area contributed by atoms with E-state index >= 15 is 0 Å². The Morgan fingerprint density at radius 2 is 2.19 bits per heavy atom. The van der Waals surface area contributed by atoms with Gasteiger partial charge in [-0.1, -0.05) is 20.8 Å². The Morgan fingerprint density at radius 3 is 2.81 bits per heavy atom. The molecule has 1 aromatic heterocycles. The smallest absolute Gasteiger partial charge is 0.133 e. The van der Waals surface area contributed by atoms with Crippen molar-refractivity contribution >= 4 is 0 Å². The van der Waals surface area contributed by atoms with Gasteiger partial charge in [0.2, 0.25) is 0 Å². The third-order valence-corrected chi connectivity index (χ3v) is 3.26. The molecule has 1 heterocycles. The van der Waals surface area contributed by atoms with E-state index in [0.29, 0.717) is 5.92 Å². The van der Waals surface area contributed by atoms with E-state index in [-0.39, 0.29) is 5.41 Å². The van der Waals surface area contributed by atoms with Crippen LogP contribution >= 0.6 is 0 Å². The highest BCUT2D eigenvalue weighted by Crippen LogP contribution is 2.25. The SMILES string of the molecule is CC(C)(C)c1ncc2c(n1)CCC(CN)C2. The summed E-state index contributed by atoms with van der Waals surface area (Å²) in [6.07, 6.45) is 5.29. The van der Waals surface area contributed by atoms with Gasteiger partial charge in [-0.3, -0.25) is 0 Å². The van der Waals surface area contributed by atoms with Gasteiger partial charge in [-0.15, -0.1) is 0 Å². The standard InChI is InChI=1S/C13H21N3/c1-13(2,3)12-15-8-10-6-9(7-14)4-5-11(10)16-12/h8-9H,4-7,14H2,1-3H3. The van der Waals surface area contributed by atoms with Gasteiger partial charge in [-0.25, -0.2) is 9.97 Å². The Balaban J connectivity index is 2.28. The largest absolute Gasteiger partial charge is 0.330 e. The fraction of sp³-hybridized carbons (Fsp3) is 0.692. The van der Waals surface area contributed by atoms with Gasteiger partial charge in [0.15, 0.2) is 0 Å². The van der Waals surface area contributed by atoms with Gasteiger partial charge in [0, 0.05) is 17.3 Å². The third kappa shape index (κ3) is 2.24. The summed E-state index contributed by atoms with van der Waals surface area (Å²) in [5.74, 6) is 1.58. The molecule has 3 nitrogen and oxygen atoms in total. The second-order valence-corrected chi connectivity index (χ2v) is 5.76. The maximum absolute atomic E-state index is 5.72. The van der Waals surface area contributed by atoms with E-state index in [9.17, 15) is 0 Å². The zero-order valence-corrected chi connectivity index (χ0v) is 10.5. The molecule has 0 saturated carbocycles. The number of rotatable bonds is 1. The topological polar surface area (TPSA) is 51.8 Å². The number of nitrogens with two attached hydrogens (primary N) is 1. The molecule has 16 heavy (non-hydrogen) atoms. The first-order chi connectivity index (χ1) is 7.50. The van der Waals surface area contributed by atoms with Gasteiger partial charge in [0.1, 0.15) is 5.82 Å². The predicted octanol–water partition coefficient (Wildman–Crippen LogP) is 1.84. The monoisotopic (exact) mass is 219 g/mol. The van der Waals surface area contributed by atoms with E-state index in [1.54, 1.807) is 0 Å². The Bertz CT molecular complexity index is 379. The van der Waals surface area contributed by atoms with E-state index in [1.807, 2.05) is 6.20 Å². The van der Waals surface area contributed by atoms with Crippen molar-refractivity contribution in [1.82, 2.24) is 9.97 Å². The lowest BCUT2D eigenvalue weighted by Crippen LogP contribution is -2.25. The average molecular weight is 219 g/mol. The minimum Gasteiger partial charge on any atom is -0.330 e. The molecule has 0 aromatic carbocycles. The second-order valence-electron chi connectivity index (χ2n) is 5.76. The number of nitrogens with zero attached hydrogens (tertiary/aromatic N) is 2. The van der Waals surface area contributed by atoms with Gasteiger partial charge in [0.05, 0.1) is 0 Å². The van der Waals surface area contributed by atoms with Crippen LogP contribution in [0.25, 0.3) is 0 Å². The van der Waals surface area contributed by atoms with Crippen molar-refractivity contribution < 1.29 is 0 Å². The van der Waals surface area contributed by atoms with E-state index in [4.69, 9.17) is 10.7 Å². The van der Waals surface area contributed by atoms with Gasteiger partial charge in [0.25, 0.3) is 0 Å². The van der Waals surface area contributed by atoms with Crippen LogP contribution in [-0.2, 0) is 18.3 Å². The van der Waals surface area contributed by atoms with Crippen LogP contribution in [0, 0.1) is 5.92 Å². The lowest BCUT2D eigenvalue weighted by atomic mass is 9.87. The van der Waals surface area contributed by atoms with Crippen LogP contribution in [0.1, 0.15) is 44.3 Å². The van der Waals surface area contributed by atoms with Gasteiger partial charge < -0.3 is 5.73 Å². The van der Waals surface area contributed by atoms with Crippen molar-refractivity contribution in [3.8, 4) is 0 Å². The minimum atomic E-state index is 0.0414. The van der Waals surface area contributed by atoms with Crippen molar-refractivity contribution in [2.24, 2.45) is 11.7 Å². The summed E-state index contributed by atoms with van der Waals surface area (Å²) < 4.78 is 0. The van der Waals surface area contributed by atoms with E-state index in [1.165, 1.54) is 17.7 Å². The quantitative estimate of drug-likeness (QED) is 0.784. The fourth-order valence-corrected chi connectivity index (χ4v) is 2.15. The molecule has 0 fully saturated rings. The highest BCUT2D eigenvalue weighted by atomic mass is 14.9. The first-order valence-corrected chi connectivity index (χ1v) is 6.06. The number of hydrogen-bond acceptors (Lipinski definition) is 3. The van der Waals surface area contributed by atoms with Crippen LogP contribution < -0.4 is 5.73 Å². The summed E-state index contributed by atoms with van der Waals surface area (Å²) in [5, 5.41) is 0. The molecule has 1 atom stereocenters. The molecule has 0 saturated heterocycles. The first-order valence-electron chi connectivity index (χ1n) is 6.06. The molecule has 1 aliphatic carbocycles. The molecule has 3 heteroatoms. The lowest BCUT2D eigenvalue weighted by molar-refractivity contribution is 0.453. The van der Waals surface area contributed by atoms with E-state index < -0.39 is 0 Å². The average Bonchev–Trinajstić information content (AvgIpc) is 2.26. The first kappa shape index (κ1) is 11.5. The summed E-state index contributed by atoms with van der Waals surface area (Å²) in [7, 11) is 0. The number of aromatic nitrogens is 2. The Kier molecular flexibility index (Phi) is 2.98. The molecule has 0 aliphatic heterocycles. The predicted molar refractivity (Wildman–Crippen MR) is 65.3 cm³/mol. The Labute approximate surface area is 97.5 Å².